The Balaban J connectivity index is 1.38. The summed E-state index contributed by atoms with van der Waals surface area (Å²) in [6.07, 6.45) is 5.10. The molecule has 0 unspecified atom stereocenters. The Morgan fingerprint density at radius 2 is 1.81 bits per heavy atom. The van der Waals surface area contributed by atoms with Crippen LogP contribution >= 0.6 is 0 Å². The SMILES string of the molecule is N#Cc1ccc(C#Cc2nccc3cnc(Nc4c[nH]c(=O)c(N5CCN(CCO)CC5)c4)cc23)cc1. The maximum Gasteiger partial charge on any atom is 0.271 e. The Morgan fingerprint density at radius 1 is 1.03 bits per heavy atom. The summed E-state index contributed by atoms with van der Waals surface area (Å²) < 4.78 is 0. The monoisotopic (exact) mass is 491 g/mol. The molecule has 1 aliphatic rings. The molecule has 1 saturated heterocycles. The highest BCUT2D eigenvalue weighted by atomic mass is 16.3. The van der Waals surface area contributed by atoms with E-state index >= 15 is 0 Å². The molecule has 0 atom stereocenters. The molecule has 0 spiro atoms. The van der Waals surface area contributed by atoms with Crippen LogP contribution in [-0.4, -0.2) is 64.3 Å². The number of fused-ring (bicyclic) bond motifs is 1. The third-order valence-corrected chi connectivity index (χ3v) is 6.27. The zero-order chi connectivity index (χ0) is 25.6. The molecule has 1 aromatic carbocycles. The van der Waals surface area contributed by atoms with Gasteiger partial charge in [0.15, 0.2) is 0 Å². The van der Waals surface area contributed by atoms with Crippen LogP contribution in [0.2, 0.25) is 0 Å². The quantitative estimate of drug-likeness (QED) is 0.364. The predicted octanol–water partition coefficient (Wildman–Crippen LogP) is 2.45. The molecule has 9 heteroatoms. The Labute approximate surface area is 214 Å². The number of β-amino-alcohol motifs (C(OH)–C–C–N with tert-alkyl or cyclic N) is 1. The van der Waals surface area contributed by atoms with Crippen molar-refractivity contribution >= 4 is 28.0 Å². The normalized spacial score (nSPS) is 13.6. The second-order valence-electron chi connectivity index (χ2n) is 8.67. The number of aromatic amines is 1. The summed E-state index contributed by atoms with van der Waals surface area (Å²) in [4.78, 5) is 28.6. The number of aromatic nitrogens is 3. The molecule has 1 fully saturated rings. The fourth-order valence-electron chi connectivity index (χ4n) is 4.27. The van der Waals surface area contributed by atoms with Gasteiger partial charge in [-0.3, -0.25) is 9.69 Å². The molecule has 9 nitrogen and oxygen atoms in total. The number of nitriles is 1. The summed E-state index contributed by atoms with van der Waals surface area (Å²) in [6, 6.07) is 14.8. The van der Waals surface area contributed by atoms with Crippen molar-refractivity contribution in [3.05, 3.63) is 88.2 Å². The Kier molecular flexibility index (Phi) is 7.09. The van der Waals surface area contributed by atoms with Gasteiger partial charge in [0.05, 0.1) is 23.9 Å². The van der Waals surface area contributed by atoms with Gasteiger partial charge in [0.2, 0.25) is 0 Å². The predicted molar refractivity (Wildman–Crippen MR) is 143 cm³/mol. The average molecular weight is 492 g/mol. The molecule has 1 aliphatic heterocycles. The number of piperazine rings is 1. The smallest absolute Gasteiger partial charge is 0.271 e. The minimum atomic E-state index is -0.141. The summed E-state index contributed by atoms with van der Waals surface area (Å²) in [5.74, 6) is 6.84. The van der Waals surface area contributed by atoms with Gasteiger partial charge >= 0.3 is 0 Å². The van der Waals surface area contributed by atoms with Gasteiger partial charge in [0, 0.05) is 67.7 Å². The van der Waals surface area contributed by atoms with Gasteiger partial charge in [-0.15, -0.1) is 0 Å². The van der Waals surface area contributed by atoms with Crippen molar-refractivity contribution in [2.45, 2.75) is 0 Å². The molecule has 3 aromatic heterocycles. The van der Waals surface area contributed by atoms with Gasteiger partial charge in [-0.1, -0.05) is 5.92 Å². The maximum absolute atomic E-state index is 12.5. The first kappa shape index (κ1) is 24.0. The largest absolute Gasteiger partial charge is 0.395 e. The lowest BCUT2D eigenvalue weighted by Gasteiger charge is -2.35. The van der Waals surface area contributed by atoms with E-state index in [2.05, 4.69) is 48.0 Å². The van der Waals surface area contributed by atoms with Crippen molar-refractivity contribution in [1.82, 2.24) is 19.9 Å². The second kappa shape index (κ2) is 10.9. The Hall–Kier alpha value is -4.70. The van der Waals surface area contributed by atoms with Gasteiger partial charge in [-0.2, -0.15) is 5.26 Å². The van der Waals surface area contributed by atoms with Crippen molar-refractivity contribution in [1.29, 1.82) is 5.26 Å². The molecule has 5 rings (SSSR count). The summed E-state index contributed by atoms with van der Waals surface area (Å²) in [5.41, 5.74) is 3.18. The number of nitrogens with zero attached hydrogens (tertiary/aromatic N) is 5. The van der Waals surface area contributed by atoms with E-state index in [1.165, 1.54) is 0 Å². The first-order valence-electron chi connectivity index (χ1n) is 12.0. The highest BCUT2D eigenvalue weighted by Crippen LogP contribution is 2.23. The summed E-state index contributed by atoms with van der Waals surface area (Å²) in [5, 5.41) is 23.2. The number of aliphatic hydroxyl groups excluding tert-OH is 1. The fraction of sp³-hybridized carbons (Fsp3) is 0.214. The number of aliphatic hydroxyl groups is 1. The van der Waals surface area contributed by atoms with Crippen molar-refractivity contribution in [2.75, 3.05) is 49.5 Å². The molecule has 0 radical (unpaired) electrons. The Morgan fingerprint density at radius 3 is 2.57 bits per heavy atom. The zero-order valence-corrected chi connectivity index (χ0v) is 20.1. The van der Waals surface area contributed by atoms with Crippen LogP contribution in [0.15, 0.2) is 65.8 Å². The topological polar surface area (TPSA) is 121 Å². The lowest BCUT2D eigenvalue weighted by molar-refractivity contribution is 0.188. The standard InChI is InChI=1S/C28H25N7O2/c29-17-21-3-1-20(2-4-21)5-6-25-24-16-27(31-18-22(24)7-8-30-25)33-23-15-26(28(37)32-19-23)35-11-9-34(10-12-35)13-14-36/h1-4,7-8,15-16,18-19,36H,9-14H2,(H,31,33)(H,32,37). The van der Waals surface area contributed by atoms with E-state index in [1.54, 1.807) is 30.7 Å². The van der Waals surface area contributed by atoms with E-state index in [4.69, 9.17) is 10.4 Å². The summed E-state index contributed by atoms with van der Waals surface area (Å²) in [7, 11) is 0. The summed E-state index contributed by atoms with van der Waals surface area (Å²) in [6.45, 7) is 3.80. The van der Waals surface area contributed by atoms with E-state index < -0.39 is 0 Å². The zero-order valence-electron chi connectivity index (χ0n) is 20.1. The second-order valence-corrected chi connectivity index (χ2v) is 8.67. The van der Waals surface area contributed by atoms with E-state index in [0.717, 1.165) is 29.4 Å². The van der Waals surface area contributed by atoms with Crippen LogP contribution in [0.1, 0.15) is 16.8 Å². The van der Waals surface area contributed by atoms with Gasteiger partial charge in [0.1, 0.15) is 17.2 Å². The van der Waals surface area contributed by atoms with Gasteiger partial charge in [-0.25, -0.2) is 9.97 Å². The highest BCUT2D eigenvalue weighted by Gasteiger charge is 2.19. The maximum atomic E-state index is 12.5. The van der Waals surface area contributed by atoms with Crippen molar-refractivity contribution in [2.24, 2.45) is 0 Å². The first-order valence-corrected chi connectivity index (χ1v) is 12.0. The summed E-state index contributed by atoms with van der Waals surface area (Å²) >= 11 is 0. The number of pyridine rings is 3. The number of nitrogens with one attached hydrogen (secondary N) is 2. The van der Waals surface area contributed by atoms with Gasteiger partial charge < -0.3 is 20.3 Å². The van der Waals surface area contributed by atoms with E-state index in [0.29, 0.717) is 48.1 Å². The number of hydrogen-bond acceptors (Lipinski definition) is 8. The minimum absolute atomic E-state index is 0.136. The highest BCUT2D eigenvalue weighted by molar-refractivity contribution is 5.88. The van der Waals surface area contributed by atoms with E-state index in [-0.39, 0.29) is 12.2 Å². The lowest BCUT2D eigenvalue weighted by Crippen LogP contribution is -2.48. The number of H-pyrrole nitrogens is 1. The molecule has 4 aromatic rings. The molecular formula is C28H25N7O2. The van der Waals surface area contributed by atoms with E-state index in [1.807, 2.05) is 30.3 Å². The number of hydrogen-bond donors (Lipinski definition) is 3. The molecule has 184 valence electrons. The van der Waals surface area contributed by atoms with Crippen LogP contribution in [0.5, 0.6) is 0 Å². The number of benzene rings is 1. The Bertz CT molecular complexity index is 1570. The van der Waals surface area contributed by atoms with Crippen LogP contribution in [0, 0.1) is 23.2 Å². The van der Waals surface area contributed by atoms with Gasteiger partial charge in [-0.05, 0) is 48.4 Å². The van der Waals surface area contributed by atoms with Crippen LogP contribution < -0.4 is 15.8 Å². The van der Waals surface area contributed by atoms with Crippen molar-refractivity contribution < 1.29 is 5.11 Å². The van der Waals surface area contributed by atoms with Crippen molar-refractivity contribution in [3.63, 3.8) is 0 Å². The molecule has 0 aliphatic carbocycles. The van der Waals surface area contributed by atoms with Crippen LogP contribution in [0.3, 0.4) is 0 Å². The molecule has 37 heavy (non-hydrogen) atoms. The molecule has 3 N–H and O–H groups in total. The average Bonchev–Trinajstić information content (AvgIpc) is 2.94. The third-order valence-electron chi connectivity index (χ3n) is 6.27. The molecule has 0 bridgehead atoms. The molecule has 0 saturated carbocycles. The first-order chi connectivity index (χ1) is 18.1. The van der Waals surface area contributed by atoms with Crippen LogP contribution in [-0.2, 0) is 0 Å². The molecule has 0 amide bonds. The van der Waals surface area contributed by atoms with Crippen LogP contribution in [0.25, 0.3) is 10.8 Å². The fourth-order valence-corrected chi connectivity index (χ4v) is 4.27. The molecule has 4 heterocycles. The lowest BCUT2D eigenvalue weighted by atomic mass is 10.1. The van der Waals surface area contributed by atoms with E-state index in [9.17, 15) is 4.79 Å². The van der Waals surface area contributed by atoms with Gasteiger partial charge in [0.25, 0.3) is 5.56 Å². The third kappa shape index (κ3) is 5.60. The number of anilines is 3. The van der Waals surface area contributed by atoms with Crippen molar-refractivity contribution in [3.8, 4) is 17.9 Å². The minimum Gasteiger partial charge on any atom is -0.395 e. The van der Waals surface area contributed by atoms with Crippen LogP contribution in [0.4, 0.5) is 17.2 Å². The number of rotatable bonds is 5. The molecular weight excluding hydrogens is 466 g/mol.